The summed E-state index contributed by atoms with van der Waals surface area (Å²) in [4.78, 5) is 0. The van der Waals surface area contributed by atoms with Crippen LogP contribution in [0.4, 0.5) is 13.2 Å². The second-order valence-corrected chi connectivity index (χ2v) is 8.71. The van der Waals surface area contributed by atoms with Crippen LogP contribution in [0.5, 0.6) is 5.75 Å². The van der Waals surface area contributed by atoms with Crippen molar-refractivity contribution in [3.63, 3.8) is 0 Å². The first-order valence-corrected chi connectivity index (χ1v) is 11.8. The third-order valence-electron chi connectivity index (χ3n) is 6.43. The van der Waals surface area contributed by atoms with E-state index in [0.29, 0.717) is 23.7 Å². The molecular formula is C30H29F3O. The SMILES string of the molecule is C=CC1CC=C(c2ccc(-c3ccc(-c4ccc(OCCCC)c(F)c4F)cc3)cc2F)CC1. The Hall–Kier alpha value is -3.27. The van der Waals surface area contributed by atoms with Crippen molar-refractivity contribution in [2.75, 3.05) is 6.61 Å². The summed E-state index contributed by atoms with van der Waals surface area (Å²) in [6.45, 7) is 6.20. The van der Waals surface area contributed by atoms with Crippen LogP contribution in [0, 0.1) is 23.4 Å². The van der Waals surface area contributed by atoms with Gasteiger partial charge in [0.25, 0.3) is 0 Å². The Kier molecular flexibility index (Phi) is 7.56. The summed E-state index contributed by atoms with van der Waals surface area (Å²) in [6.07, 6.45) is 8.48. The first-order chi connectivity index (χ1) is 16.5. The molecule has 0 radical (unpaired) electrons. The lowest BCUT2D eigenvalue weighted by molar-refractivity contribution is 0.289. The van der Waals surface area contributed by atoms with Crippen molar-refractivity contribution >= 4 is 5.57 Å². The van der Waals surface area contributed by atoms with E-state index in [1.54, 1.807) is 24.3 Å². The van der Waals surface area contributed by atoms with E-state index in [0.717, 1.165) is 48.8 Å². The second-order valence-electron chi connectivity index (χ2n) is 8.71. The smallest absolute Gasteiger partial charge is 0.201 e. The lowest BCUT2D eigenvalue weighted by atomic mass is 9.86. The maximum absolute atomic E-state index is 14.9. The summed E-state index contributed by atoms with van der Waals surface area (Å²) >= 11 is 0. The fraction of sp³-hybridized carbons (Fsp3) is 0.267. The molecule has 0 heterocycles. The van der Waals surface area contributed by atoms with Gasteiger partial charge in [0.1, 0.15) is 5.82 Å². The fourth-order valence-electron chi connectivity index (χ4n) is 4.30. The summed E-state index contributed by atoms with van der Waals surface area (Å²) in [7, 11) is 0. The third kappa shape index (κ3) is 5.11. The third-order valence-corrected chi connectivity index (χ3v) is 6.43. The molecule has 3 aromatic carbocycles. The number of halogens is 3. The monoisotopic (exact) mass is 462 g/mol. The Labute approximate surface area is 199 Å². The van der Waals surface area contributed by atoms with Crippen LogP contribution < -0.4 is 4.74 Å². The highest BCUT2D eigenvalue weighted by Crippen LogP contribution is 2.35. The summed E-state index contributed by atoms with van der Waals surface area (Å²) < 4.78 is 49.4. The molecule has 0 amide bonds. The first-order valence-electron chi connectivity index (χ1n) is 11.8. The minimum atomic E-state index is -0.980. The summed E-state index contributed by atoms with van der Waals surface area (Å²) in [5.41, 5.74) is 3.93. The number of unbranched alkanes of at least 4 members (excludes halogenated alkanes) is 1. The van der Waals surface area contributed by atoms with Gasteiger partial charge in [-0.25, -0.2) is 8.78 Å². The van der Waals surface area contributed by atoms with Gasteiger partial charge in [-0.2, -0.15) is 4.39 Å². The standard InChI is InChI=1S/C30H29F3O/c1-3-5-18-34-28-17-16-26(29(32)30(28)33)23-12-10-21(11-13-23)24-14-15-25(27(31)19-24)22-8-6-20(4-2)7-9-22/h4,8,10-17,19-20H,2-3,5-7,9,18H2,1H3. The van der Waals surface area contributed by atoms with Gasteiger partial charge in [-0.05, 0) is 72.1 Å². The summed E-state index contributed by atoms with van der Waals surface area (Å²) in [5.74, 6) is -1.78. The molecule has 4 rings (SSSR count). The molecule has 0 N–H and O–H groups in total. The summed E-state index contributed by atoms with van der Waals surface area (Å²) in [5, 5.41) is 0. The molecule has 0 bridgehead atoms. The van der Waals surface area contributed by atoms with Crippen LogP contribution in [-0.4, -0.2) is 6.61 Å². The van der Waals surface area contributed by atoms with Crippen LogP contribution in [0.15, 0.2) is 73.3 Å². The van der Waals surface area contributed by atoms with E-state index >= 15 is 0 Å². The maximum atomic E-state index is 14.9. The van der Waals surface area contributed by atoms with Gasteiger partial charge >= 0.3 is 0 Å². The Morgan fingerprint density at radius 2 is 1.62 bits per heavy atom. The Balaban J connectivity index is 1.53. The van der Waals surface area contributed by atoms with Gasteiger partial charge < -0.3 is 4.74 Å². The number of hydrogen-bond donors (Lipinski definition) is 0. The highest BCUT2D eigenvalue weighted by molar-refractivity contribution is 5.74. The molecule has 0 saturated heterocycles. The molecule has 1 aliphatic carbocycles. The zero-order chi connectivity index (χ0) is 24.1. The van der Waals surface area contributed by atoms with E-state index in [9.17, 15) is 13.2 Å². The number of benzene rings is 3. The number of hydrogen-bond acceptors (Lipinski definition) is 1. The van der Waals surface area contributed by atoms with Crippen LogP contribution >= 0.6 is 0 Å². The lowest BCUT2D eigenvalue weighted by Crippen LogP contribution is -2.03. The van der Waals surface area contributed by atoms with Gasteiger partial charge in [0.05, 0.1) is 6.61 Å². The van der Waals surface area contributed by atoms with Crippen molar-refractivity contribution in [2.24, 2.45) is 5.92 Å². The molecule has 1 unspecified atom stereocenters. The second kappa shape index (κ2) is 10.8. The molecule has 0 aromatic heterocycles. The minimum absolute atomic E-state index is 0.0741. The van der Waals surface area contributed by atoms with Gasteiger partial charge in [0, 0.05) is 11.1 Å². The van der Waals surface area contributed by atoms with Gasteiger partial charge in [-0.15, -0.1) is 6.58 Å². The van der Waals surface area contributed by atoms with Gasteiger partial charge in [-0.1, -0.05) is 61.9 Å². The molecule has 3 aromatic rings. The van der Waals surface area contributed by atoms with E-state index in [1.807, 2.05) is 25.1 Å². The zero-order valence-corrected chi connectivity index (χ0v) is 19.4. The van der Waals surface area contributed by atoms with Crippen molar-refractivity contribution < 1.29 is 17.9 Å². The zero-order valence-electron chi connectivity index (χ0n) is 19.4. The molecule has 0 fully saturated rings. The topological polar surface area (TPSA) is 9.23 Å². The van der Waals surface area contributed by atoms with Crippen LogP contribution in [0.25, 0.3) is 27.8 Å². The average Bonchev–Trinajstić information content (AvgIpc) is 2.87. The highest BCUT2D eigenvalue weighted by Gasteiger charge is 2.17. The van der Waals surface area contributed by atoms with Crippen LogP contribution in [0.3, 0.4) is 0 Å². The van der Waals surface area contributed by atoms with Crippen molar-refractivity contribution in [1.82, 2.24) is 0 Å². The van der Waals surface area contributed by atoms with E-state index in [-0.39, 0.29) is 17.1 Å². The molecule has 1 aliphatic rings. The molecule has 1 atom stereocenters. The van der Waals surface area contributed by atoms with E-state index in [1.165, 1.54) is 18.2 Å². The van der Waals surface area contributed by atoms with Gasteiger partial charge in [0.2, 0.25) is 5.82 Å². The van der Waals surface area contributed by atoms with Gasteiger partial charge in [-0.3, -0.25) is 0 Å². The van der Waals surface area contributed by atoms with Crippen molar-refractivity contribution in [3.05, 3.63) is 96.3 Å². The van der Waals surface area contributed by atoms with Crippen LogP contribution in [-0.2, 0) is 0 Å². The predicted octanol–water partition coefficient (Wildman–Crippen LogP) is 8.99. The molecule has 0 saturated carbocycles. The Bertz CT molecular complexity index is 1190. The highest BCUT2D eigenvalue weighted by atomic mass is 19.2. The molecular weight excluding hydrogens is 433 g/mol. The quantitative estimate of drug-likeness (QED) is 0.240. The number of rotatable bonds is 8. The van der Waals surface area contributed by atoms with Crippen molar-refractivity contribution in [1.29, 1.82) is 0 Å². The van der Waals surface area contributed by atoms with Crippen LogP contribution in [0.1, 0.15) is 44.6 Å². The first kappa shape index (κ1) is 23.9. The van der Waals surface area contributed by atoms with Crippen molar-refractivity contribution in [3.8, 4) is 28.0 Å². The Morgan fingerprint density at radius 1 is 0.912 bits per heavy atom. The largest absolute Gasteiger partial charge is 0.490 e. The maximum Gasteiger partial charge on any atom is 0.201 e. The molecule has 176 valence electrons. The van der Waals surface area contributed by atoms with Crippen molar-refractivity contribution in [2.45, 2.75) is 39.0 Å². The molecule has 0 spiro atoms. The Morgan fingerprint density at radius 3 is 2.26 bits per heavy atom. The molecule has 1 nitrogen and oxygen atoms in total. The average molecular weight is 463 g/mol. The molecule has 4 heteroatoms. The fourth-order valence-corrected chi connectivity index (χ4v) is 4.30. The molecule has 34 heavy (non-hydrogen) atoms. The van der Waals surface area contributed by atoms with E-state index in [4.69, 9.17) is 4.74 Å². The minimum Gasteiger partial charge on any atom is -0.490 e. The normalized spacial score (nSPS) is 15.6. The van der Waals surface area contributed by atoms with E-state index in [2.05, 4.69) is 12.7 Å². The predicted molar refractivity (Wildman–Crippen MR) is 133 cm³/mol. The van der Waals surface area contributed by atoms with E-state index < -0.39 is 11.6 Å². The molecule has 0 aliphatic heterocycles. The number of ether oxygens (including phenoxy) is 1. The van der Waals surface area contributed by atoms with Gasteiger partial charge in [0.15, 0.2) is 11.6 Å². The number of allylic oxidation sites excluding steroid dienone is 3. The lowest BCUT2D eigenvalue weighted by Gasteiger charge is -2.19. The summed E-state index contributed by atoms with van der Waals surface area (Å²) in [6, 6.07) is 15.3. The van der Waals surface area contributed by atoms with Crippen LogP contribution in [0.2, 0.25) is 0 Å².